The Morgan fingerprint density at radius 3 is 2.44 bits per heavy atom. The van der Waals surface area contributed by atoms with Crippen molar-refractivity contribution in [3.8, 4) is 0 Å². The molecule has 3 heterocycles. The van der Waals surface area contributed by atoms with Crippen molar-refractivity contribution in [2.45, 2.75) is 50.3 Å². The van der Waals surface area contributed by atoms with Crippen LogP contribution in [0.1, 0.15) is 48.9 Å². The summed E-state index contributed by atoms with van der Waals surface area (Å²) in [6.45, 7) is 1.76. The molecular formula is C23H32ClF3N4O3. The smallest absolute Gasteiger partial charge is 0.357 e. The summed E-state index contributed by atoms with van der Waals surface area (Å²) in [4.78, 5) is 33.8. The van der Waals surface area contributed by atoms with E-state index in [9.17, 15) is 22.8 Å². The molecule has 1 aromatic rings. The molecule has 0 aromatic carbocycles. The minimum Gasteiger partial charge on any atom is -0.357 e. The number of pyridine rings is 1. The molecule has 2 aliphatic heterocycles. The van der Waals surface area contributed by atoms with E-state index in [0.717, 1.165) is 43.1 Å². The molecule has 0 aliphatic carbocycles. The first-order chi connectivity index (χ1) is 16.0. The second-order valence-electron chi connectivity index (χ2n) is 9.28. The molecule has 0 saturated carbocycles. The van der Waals surface area contributed by atoms with E-state index in [0.29, 0.717) is 17.9 Å². The van der Waals surface area contributed by atoms with E-state index in [4.69, 9.17) is 16.3 Å². The van der Waals surface area contributed by atoms with Crippen molar-refractivity contribution in [2.24, 2.45) is 5.92 Å². The standard InChI is InChI=1S/C23H32ClF3N4O3/c1-29(2)20(32)17-7-8-18(28-19(17)24)31-13-9-16(10-14-31)6-4-12-30(3)21(33)22(23(25,26)27)11-5-15-34-22/h7-8,16H,4-6,9-15H2,1-3H3. The van der Waals surface area contributed by atoms with Gasteiger partial charge in [-0.25, -0.2) is 4.98 Å². The van der Waals surface area contributed by atoms with Crippen LogP contribution in [0.5, 0.6) is 0 Å². The Labute approximate surface area is 203 Å². The number of piperidine rings is 1. The number of likely N-dealkylation sites (N-methyl/N-ethyl adjacent to an activating group) is 1. The van der Waals surface area contributed by atoms with Crippen LogP contribution in [0, 0.1) is 5.92 Å². The van der Waals surface area contributed by atoms with Gasteiger partial charge in [-0.1, -0.05) is 11.6 Å². The highest BCUT2D eigenvalue weighted by atomic mass is 35.5. The molecule has 2 saturated heterocycles. The third-order valence-electron chi connectivity index (χ3n) is 6.69. The van der Waals surface area contributed by atoms with Gasteiger partial charge in [-0.05, 0) is 56.6 Å². The lowest BCUT2D eigenvalue weighted by molar-refractivity contribution is -0.258. The number of rotatable bonds is 7. The maximum Gasteiger partial charge on any atom is 0.426 e. The van der Waals surface area contributed by atoms with Crippen LogP contribution in [0.25, 0.3) is 0 Å². The van der Waals surface area contributed by atoms with Crippen LogP contribution >= 0.6 is 11.6 Å². The molecule has 0 radical (unpaired) electrons. The summed E-state index contributed by atoms with van der Waals surface area (Å²) in [5.41, 5.74) is -2.33. The Morgan fingerprint density at radius 1 is 1.24 bits per heavy atom. The van der Waals surface area contributed by atoms with Crippen LogP contribution in [0.3, 0.4) is 0 Å². The van der Waals surface area contributed by atoms with Crippen LogP contribution in [0.4, 0.5) is 19.0 Å². The molecule has 3 rings (SSSR count). The van der Waals surface area contributed by atoms with Crippen LogP contribution in [-0.2, 0) is 9.53 Å². The Balaban J connectivity index is 1.46. The highest BCUT2D eigenvalue weighted by Gasteiger charge is 2.64. The van der Waals surface area contributed by atoms with Gasteiger partial charge in [0.2, 0.25) is 5.60 Å². The molecule has 0 N–H and O–H groups in total. The molecule has 1 aromatic heterocycles. The van der Waals surface area contributed by atoms with Gasteiger partial charge in [0, 0.05) is 47.4 Å². The number of aromatic nitrogens is 1. The predicted molar refractivity (Wildman–Crippen MR) is 123 cm³/mol. The number of amides is 2. The van der Waals surface area contributed by atoms with Crippen LogP contribution in [0.2, 0.25) is 5.15 Å². The van der Waals surface area contributed by atoms with Gasteiger partial charge in [0.1, 0.15) is 11.0 Å². The first-order valence-electron chi connectivity index (χ1n) is 11.6. The fraction of sp³-hybridized carbons (Fsp3) is 0.696. The first-order valence-corrected chi connectivity index (χ1v) is 11.9. The summed E-state index contributed by atoms with van der Waals surface area (Å²) < 4.78 is 45.5. The van der Waals surface area contributed by atoms with Crippen molar-refractivity contribution in [1.82, 2.24) is 14.8 Å². The lowest BCUT2D eigenvalue weighted by atomic mass is 9.92. The molecule has 190 valence electrons. The van der Waals surface area contributed by atoms with Gasteiger partial charge in [-0.15, -0.1) is 0 Å². The van der Waals surface area contributed by atoms with Crippen LogP contribution in [-0.4, -0.2) is 85.8 Å². The number of nitrogens with zero attached hydrogens (tertiary/aromatic N) is 4. The summed E-state index contributed by atoms with van der Waals surface area (Å²) >= 11 is 6.23. The molecule has 7 nitrogen and oxygen atoms in total. The monoisotopic (exact) mass is 504 g/mol. The number of halogens is 4. The topological polar surface area (TPSA) is 66.0 Å². The number of hydrogen-bond donors (Lipinski definition) is 0. The molecule has 0 spiro atoms. The Hall–Kier alpha value is -2.07. The SMILES string of the molecule is CN(C)C(=O)c1ccc(N2CCC(CCCN(C)C(=O)C3(C(F)(F)F)CCCO3)CC2)nc1Cl. The second kappa shape index (κ2) is 10.7. The number of ether oxygens (including phenoxy) is 1. The van der Waals surface area contributed by atoms with Crippen molar-refractivity contribution in [3.05, 3.63) is 22.8 Å². The highest BCUT2D eigenvalue weighted by molar-refractivity contribution is 6.32. The quantitative estimate of drug-likeness (QED) is 0.525. The maximum absolute atomic E-state index is 13.5. The van der Waals surface area contributed by atoms with Crippen molar-refractivity contribution in [3.63, 3.8) is 0 Å². The summed E-state index contributed by atoms with van der Waals surface area (Å²) in [6.07, 6.45) is -1.53. The van der Waals surface area contributed by atoms with Crippen molar-refractivity contribution >= 4 is 29.2 Å². The van der Waals surface area contributed by atoms with Gasteiger partial charge in [-0.2, -0.15) is 13.2 Å². The average molecular weight is 505 g/mol. The minimum atomic E-state index is -4.71. The van der Waals surface area contributed by atoms with E-state index in [1.807, 2.05) is 0 Å². The molecule has 2 aliphatic rings. The van der Waals surface area contributed by atoms with Gasteiger partial charge in [-0.3, -0.25) is 9.59 Å². The van der Waals surface area contributed by atoms with Gasteiger partial charge in [0.05, 0.1) is 5.56 Å². The summed E-state index contributed by atoms with van der Waals surface area (Å²) in [5, 5.41) is 0.175. The van der Waals surface area contributed by atoms with Crippen LogP contribution < -0.4 is 4.90 Å². The number of carbonyl (C=O) groups excluding carboxylic acids is 2. The van der Waals surface area contributed by atoms with Crippen molar-refractivity contribution in [1.29, 1.82) is 0 Å². The average Bonchev–Trinajstić information content (AvgIpc) is 3.30. The van der Waals surface area contributed by atoms with Gasteiger partial charge in [0.25, 0.3) is 11.8 Å². The zero-order chi connectivity index (χ0) is 25.1. The molecule has 1 atom stereocenters. The molecule has 2 fully saturated rings. The van der Waals surface area contributed by atoms with E-state index in [-0.39, 0.29) is 37.1 Å². The molecule has 1 unspecified atom stereocenters. The fourth-order valence-corrected chi connectivity index (χ4v) is 4.86. The third-order valence-corrected chi connectivity index (χ3v) is 6.97. The Morgan fingerprint density at radius 2 is 1.91 bits per heavy atom. The second-order valence-corrected chi connectivity index (χ2v) is 9.64. The third kappa shape index (κ3) is 5.59. The van der Waals surface area contributed by atoms with E-state index in [1.165, 1.54) is 11.9 Å². The molecule has 0 bridgehead atoms. The molecule has 11 heteroatoms. The van der Waals surface area contributed by atoms with Gasteiger partial charge < -0.3 is 19.4 Å². The largest absolute Gasteiger partial charge is 0.426 e. The van der Waals surface area contributed by atoms with Gasteiger partial charge in [0.15, 0.2) is 0 Å². The lowest BCUT2D eigenvalue weighted by Crippen LogP contribution is -2.57. The first kappa shape index (κ1) is 26.5. The van der Waals surface area contributed by atoms with Crippen LogP contribution in [0.15, 0.2) is 12.1 Å². The Kier molecular flexibility index (Phi) is 8.34. The fourth-order valence-electron chi connectivity index (χ4n) is 4.63. The molecule has 2 amide bonds. The Bertz CT molecular complexity index is 883. The van der Waals surface area contributed by atoms with E-state index in [1.54, 1.807) is 26.2 Å². The zero-order valence-corrected chi connectivity index (χ0v) is 20.6. The van der Waals surface area contributed by atoms with Crippen molar-refractivity contribution < 1.29 is 27.5 Å². The summed E-state index contributed by atoms with van der Waals surface area (Å²) in [6, 6.07) is 3.48. The maximum atomic E-state index is 13.5. The predicted octanol–water partition coefficient (Wildman–Crippen LogP) is 4.00. The summed E-state index contributed by atoms with van der Waals surface area (Å²) in [5.74, 6) is -0.0551. The van der Waals surface area contributed by atoms with E-state index >= 15 is 0 Å². The normalized spacial score (nSPS) is 21.6. The number of carbonyl (C=O) groups is 2. The van der Waals surface area contributed by atoms with Gasteiger partial charge >= 0.3 is 6.18 Å². The summed E-state index contributed by atoms with van der Waals surface area (Å²) in [7, 11) is 4.73. The molecular weight excluding hydrogens is 473 g/mol. The molecule has 34 heavy (non-hydrogen) atoms. The zero-order valence-electron chi connectivity index (χ0n) is 19.8. The van der Waals surface area contributed by atoms with E-state index in [2.05, 4.69) is 9.88 Å². The number of anilines is 1. The number of hydrogen-bond acceptors (Lipinski definition) is 5. The van der Waals surface area contributed by atoms with E-state index < -0.39 is 17.7 Å². The lowest BCUT2D eigenvalue weighted by Gasteiger charge is -2.34. The van der Waals surface area contributed by atoms with Crippen molar-refractivity contribution in [2.75, 3.05) is 52.3 Å². The minimum absolute atomic E-state index is 0.0492. The highest BCUT2D eigenvalue weighted by Crippen LogP contribution is 2.42. The number of alkyl halides is 3.